The molecule has 2 aromatic rings. The number of pyridine rings is 1. The third kappa shape index (κ3) is 3.75. The second-order valence-electron chi connectivity index (χ2n) is 4.28. The van der Waals surface area contributed by atoms with Crippen LogP contribution < -0.4 is 0 Å². The van der Waals surface area contributed by atoms with Crippen LogP contribution in [0.5, 0.6) is 0 Å². The average molecular weight is 263 g/mol. The first-order valence-electron chi connectivity index (χ1n) is 5.71. The van der Waals surface area contributed by atoms with Gasteiger partial charge in [-0.2, -0.15) is 0 Å². The predicted molar refractivity (Wildman–Crippen MR) is 71.2 cm³/mol. The van der Waals surface area contributed by atoms with Crippen molar-refractivity contribution in [1.82, 2.24) is 19.9 Å². The SMILES string of the molecule is Cc1cc(Cl)nc(CN(C)Cc2cccnc2)n1. The molecule has 2 rings (SSSR count). The summed E-state index contributed by atoms with van der Waals surface area (Å²) in [6, 6.07) is 5.74. The van der Waals surface area contributed by atoms with Crippen molar-refractivity contribution in [2.75, 3.05) is 7.05 Å². The molecule has 0 aromatic carbocycles. The minimum Gasteiger partial charge on any atom is -0.295 e. The zero-order chi connectivity index (χ0) is 13.0. The van der Waals surface area contributed by atoms with E-state index >= 15 is 0 Å². The van der Waals surface area contributed by atoms with Gasteiger partial charge in [-0.15, -0.1) is 0 Å². The van der Waals surface area contributed by atoms with Crippen LogP contribution in [0.3, 0.4) is 0 Å². The highest BCUT2D eigenvalue weighted by molar-refractivity contribution is 6.29. The molecule has 4 nitrogen and oxygen atoms in total. The van der Waals surface area contributed by atoms with Crippen LogP contribution in [0.15, 0.2) is 30.6 Å². The lowest BCUT2D eigenvalue weighted by Crippen LogP contribution is -2.19. The number of nitrogens with zero attached hydrogens (tertiary/aromatic N) is 4. The van der Waals surface area contributed by atoms with Gasteiger partial charge in [0.2, 0.25) is 0 Å². The molecule has 0 N–H and O–H groups in total. The van der Waals surface area contributed by atoms with Gasteiger partial charge in [0.15, 0.2) is 0 Å². The zero-order valence-corrected chi connectivity index (χ0v) is 11.2. The summed E-state index contributed by atoms with van der Waals surface area (Å²) in [5.41, 5.74) is 2.05. The Kier molecular flexibility index (Phi) is 4.23. The summed E-state index contributed by atoms with van der Waals surface area (Å²) in [7, 11) is 2.02. The molecule has 0 unspecified atom stereocenters. The third-order valence-corrected chi connectivity index (χ3v) is 2.65. The van der Waals surface area contributed by atoms with E-state index < -0.39 is 0 Å². The number of aryl methyl sites for hydroxylation is 1. The van der Waals surface area contributed by atoms with Crippen LogP contribution in [-0.2, 0) is 13.1 Å². The van der Waals surface area contributed by atoms with Crippen molar-refractivity contribution in [3.63, 3.8) is 0 Å². The summed E-state index contributed by atoms with van der Waals surface area (Å²) in [4.78, 5) is 14.8. The minimum atomic E-state index is 0.493. The maximum atomic E-state index is 5.91. The fraction of sp³-hybridized carbons (Fsp3) is 0.308. The van der Waals surface area contributed by atoms with Gasteiger partial charge < -0.3 is 0 Å². The first-order valence-corrected chi connectivity index (χ1v) is 6.09. The minimum absolute atomic E-state index is 0.493. The van der Waals surface area contributed by atoms with Crippen LogP contribution in [0.1, 0.15) is 17.1 Å². The van der Waals surface area contributed by atoms with E-state index in [2.05, 4.69) is 19.9 Å². The fourth-order valence-electron chi connectivity index (χ4n) is 1.76. The van der Waals surface area contributed by atoms with E-state index in [1.165, 1.54) is 5.56 Å². The van der Waals surface area contributed by atoms with Crippen LogP contribution in [0, 0.1) is 6.92 Å². The Labute approximate surface area is 112 Å². The first-order chi connectivity index (χ1) is 8.63. The van der Waals surface area contributed by atoms with Crippen LogP contribution >= 0.6 is 11.6 Å². The van der Waals surface area contributed by atoms with E-state index in [9.17, 15) is 0 Å². The normalized spacial score (nSPS) is 10.9. The van der Waals surface area contributed by atoms with Crippen LogP contribution in [0.2, 0.25) is 5.15 Å². The third-order valence-electron chi connectivity index (χ3n) is 2.46. The lowest BCUT2D eigenvalue weighted by molar-refractivity contribution is 0.310. The summed E-state index contributed by atoms with van der Waals surface area (Å²) < 4.78 is 0. The molecule has 2 aromatic heterocycles. The molecule has 0 amide bonds. The van der Waals surface area contributed by atoms with Gasteiger partial charge in [-0.05, 0) is 31.7 Å². The van der Waals surface area contributed by atoms with Gasteiger partial charge >= 0.3 is 0 Å². The summed E-state index contributed by atoms with van der Waals surface area (Å²) in [6.07, 6.45) is 3.63. The smallest absolute Gasteiger partial charge is 0.144 e. The van der Waals surface area contributed by atoms with E-state index in [0.717, 1.165) is 18.1 Å². The van der Waals surface area contributed by atoms with Crippen LogP contribution in [0.4, 0.5) is 0 Å². The molecular formula is C13H15ClN4. The van der Waals surface area contributed by atoms with Gasteiger partial charge in [-0.25, -0.2) is 9.97 Å². The van der Waals surface area contributed by atoms with Crippen molar-refractivity contribution in [2.24, 2.45) is 0 Å². The Morgan fingerprint density at radius 2 is 2.11 bits per heavy atom. The molecule has 0 aliphatic heterocycles. The maximum absolute atomic E-state index is 5.91. The number of aromatic nitrogens is 3. The molecule has 0 fully saturated rings. The molecular weight excluding hydrogens is 248 g/mol. The highest BCUT2D eigenvalue weighted by Gasteiger charge is 2.05. The Morgan fingerprint density at radius 3 is 2.78 bits per heavy atom. The Balaban J connectivity index is 2.01. The summed E-state index contributed by atoms with van der Waals surface area (Å²) in [5.74, 6) is 0.742. The van der Waals surface area contributed by atoms with Gasteiger partial charge in [0, 0.05) is 24.6 Å². The van der Waals surface area contributed by atoms with Crippen molar-refractivity contribution in [3.8, 4) is 0 Å². The maximum Gasteiger partial charge on any atom is 0.144 e. The molecule has 2 heterocycles. The molecule has 0 bridgehead atoms. The Hall–Kier alpha value is -1.52. The molecule has 0 aliphatic carbocycles. The van der Waals surface area contributed by atoms with E-state index in [0.29, 0.717) is 11.7 Å². The highest BCUT2D eigenvalue weighted by atomic mass is 35.5. The molecule has 0 aliphatic rings. The molecule has 18 heavy (non-hydrogen) atoms. The predicted octanol–water partition coefficient (Wildman–Crippen LogP) is 2.47. The Morgan fingerprint density at radius 1 is 1.28 bits per heavy atom. The first kappa shape index (κ1) is 12.9. The number of hydrogen-bond donors (Lipinski definition) is 0. The number of rotatable bonds is 4. The topological polar surface area (TPSA) is 41.9 Å². The molecule has 0 saturated carbocycles. The summed E-state index contributed by atoms with van der Waals surface area (Å²) >= 11 is 5.91. The van der Waals surface area contributed by atoms with E-state index in [1.54, 1.807) is 12.3 Å². The van der Waals surface area contributed by atoms with Crippen molar-refractivity contribution in [3.05, 3.63) is 52.8 Å². The van der Waals surface area contributed by atoms with Gasteiger partial charge in [0.1, 0.15) is 11.0 Å². The van der Waals surface area contributed by atoms with Crippen molar-refractivity contribution >= 4 is 11.6 Å². The largest absolute Gasteiger partial charge is 0.295 e. The summed E-state index contributed by atoms with van der Waals surface area (Å²) in [5, 5.41) is 0.493. The average Bonchev–Trinajstić information content (AvgIpc) is 2.28. The van der Waals surface area contributed by atoms with Crippen molar-refractivity contribution in [1.29, 1.82) is 0 Å². The highest BCUT2D eigenvalue weighted by Crippen LogP contribution is 2.09. The lowest BCUT2D eigenvalue weighted by atomic mass is 10.2. The van der Waals surface area contributed by atoms with Gasteiger partial charge in [0.05, 0.1) is 6.54 Å². The van der Waals surface area contributed by atoms with Crippen molar-refractivity contribution < 1.29 is 0 Å². The Bertz CT molecular complexity index is 495. The molecule has 0 radical (unpaired) electrons. The van der Waals surface area contributed by atoms with Gasteiger partial charge in [-0.1, -0.05) is 17.7 Å². The molecule has 0 spiro atoms. The van der Waals surface area contributed by atoms with Crippen LogP contribution in [-0.4, -0.2) is 26.9 Å². The second kappa shape index (κ2) is 5.89. The van der Waals surface area contributed by atoms with E-state index in [-0.39, 0.29) is 0 Å². The molecule has 5 heteroatoms. The molecule has 94 valence electrons. The number of hydrogen-bond acceptors (Lipinski definition) is 4. The fourth-order valence-corrected chi connectivity index (χ4v) is 2.02. The zero-order valence-electron chi connectivity index (χ0n) is 10.5. The monoisotopic (exact) mass is 262 g/mol. The second-order valence-corrected chi connectivity index (χ2v) is 4.67. The quantitative estimate of drug-likeness (QED) is 0.794. The van der Waals surface area contributed by atoms with Crippen LogP contribution in [0.25, 0.3) is 0 Å². The van der Waals surface area contributed by atoms with E-state index in [4.69, 9.17) is 11.6 Å². The lowest BCUT2D eigenvalue weighted by Gasteiger charge is -2.15. The van der Waals surface area contributed by atoms with Gasteiger partial charge in [0.25, 0.3) is 0 Å². The summed E-state index contributed by atoms with van der Waals surface area (Å²) in [6.45, 7) is 3.39. The molecule has 0 atom stereocenters. The van der Waals surface area contributed by atoms with E-state index in [1.807, 2.05) is 32.3 Å². The number of halogens is 1. The van der Waals surface area contributed by atoms with Gasteiger partial charge in [-0.3, -0.25) is 9.88 Å². The van der Waals surface area contributed by atoms with Crippen molar-refractivity contribution in [2.45, 2.75) is 20.0 Å². The molecule has 0 saturated heterocycles. The standard InChI is InChI=1S/C13H15ClN4/c1-10-6-12(14)17-13(16-10)9-18(2)8-11-4-3-5-15-7-11/h3-7H,8-9H2,1-2H3.